The molecule has 0 heterocycles. The average molecular weight is 230 g/mol. The minimum atomic E-state index is -0.722. The predicted octanol–water partition coefficient (Wildman–Crippen LogP) is 2.37. The normalized spacial score (nSPS) is 12.6. The predicted molar refractivity (Wildman–Crippen MR) is 66.2 cm³/mol. The number of carbonyl (C=O) groups is 1. The van der Waals surface area contributed by atoms with Crippen LogP contribution in [0.5, 0.6) is 0 Å². The molecule has 0 aromatic rings. The van der Waals surface area contributed by atoms with E-state index in [0.717, 1.165) is 12.8 Å². The number of aliphatic hydroxyl groups excluding tert-OH is 1. The van der Waals surface area contributed by atoms with Crippen LogP contribution in [0.25, 0.3) is 0 Å². The second-order valence-electron chi connectivity index (χ2n) is 4.49. The highest BCUT2D eigenvalue weighted by atomic mass is 16.3. The largest absolute Gasteiger partial charge is 0.374 e. The number of hydrogen-bond acceptors (Lipinski definition) is 2. The van der Waals surface area contributed by atoms with Crippen LogP contribution >= 0.6 is 0 Å². The van der Waals surface area contributed by atoms with E-state index in [0.29, 0.717) is 6.42 Å². The Labute approximate surface area is 98.8 Å². The summed E-state index contributed by atoms with van der Waals surface area (Å²) in [5.74, 6) is 0. The zero-order valence-electron chi connectivity index (χ0n) is 10.8. The zero-order valence-corrected chi connectivity index (χ0v) is 10.8. The Morgan fingerprint density at radius 3 is 2.31 bits per heavy atom. The lowest BCUT2D eigenvalue weighted by atomic mass is 10.1. The first-order valence-electron chi connectivity index (χ1n) is 6.31. The van der Waals surface area contributed by atoms with Crippen molar-refractivity contribution >= 4 is 6.03 Å². The molecular formula is C12H26N2O2. The number of hydrogen-bond donors (Lipinski definition) is 3. The van der Waals surface area contributed by atoms with Crippen LogP contribution in [0.2, 0.25) is 0 Å². The van der Waals surface area contributed by atoms with Crippen molar-refractivity contribution in [2.24, 2.45) is 0 Å². The molecule has 0 saturated carbocycles. The minimum absolute atomic E-state index is 0.0942. The third kappa shape index (κ3) is 9.77. The Morgan fingerprint density at radius 2 is 1.75 bits per heavy atom. The van der Waals surface area contributed by atoms with E-state index < -0.39 is 6.23 Å². The molecule has 0 aromatic carbocycles. The lowest BCUT2D eigenvalue weighted by molar-refractivity contribution is 0.129. The van der Waals surface area contributed by atoms with Crippen LogP contribution in [0.15, 0.2) is 0 Å². The first-order valence-corrected chi connectivity index (χ1v) is 6.31. The second kappa shape index (κ2) is 9.46. The SMILES string of the molecule is CCCCCCCC(O)NC(=O)NC(C)C. The van der Waals surface area contributed by atoms with Crippen molar-refractivity contribution < 1.29 is 9.90 Å². The Hall–Kier alpha value is -0.770. The molecule has 16 heavy (non-hydrogen) atoms. The molecule has 0 radical (unpaired) electrons. The maximum absolute atomic E-state index is 11.2. The standard InChI is InChI=1S/C12H26N2O2/c1-4-5-6-7-8-9-11(15)14-12(16)13-10(2)3/h10-11,15H,4-9H2,1-3H3,(H2,13,14,16). The molecular weight excluding hydrogens is 204 g/mol. The topological polar surface area (TPSA) is 61.4 Å². The molecule has 0 saturated heterocycles. The van der Waals surface area contributed by atoms with Gasteiger partial charge in [0.1, 0.15) is 6.23 Å². The molecule has 4 nitrogen and oxygen atoms in total. The van der Waals surface area contributed by atoms with Gasteiger partial charge in [-0.2, -0.15) is 0 Å². The maximum Gasteiger partial charge on any atom is 0.316 e. The molecule has 1 atom stereocenters. The van der Waals surface area contributed by atoms with E-state index in [-0.39, 0.29) is 12.1 Å². The molecule has 0 bridgehead atoms. The van der Waals surface area contributed by atoms with Crippen LogP contribution in [0.1, 0.15) is 59.3 Å². The van der Waals surface area contributed by atoms with Crippen molar-refractivity contribution in [3.05, 3.63) is 0 Å². The number of nitrogens with one attached hydrogen (secondary N) is 2. The fraction of sp³-hybridized carbons (Fsp3) is 0.917. The summed E-state index contributed by atoms with van der Waals surface area (Å²) in [4.78, 5) is 11.2. The number of unbranched alkanes of at least 4 members (excludes halogenated alkanes) is 4. The summed E-state index contributed by atoms with van der Waals surface area (Å²) in [6.45, 7) is 5.94. The quantitative estimate of drug-likeness (QED) is 0.443. The van der Waals surface area contributed by atoms with Crippen molar-refractivity contribution in [2.75, 3.05) is 0 Å². The summed E-state index contributed by atoms with van der Waals surface area (Å²) in [7, 11) is 0. The van der Waals surface area contributed by atoms with Crippen molar-refractivity contribution in [1.29, 1.82) is 0 Å². The molecule has 1 unspecified atom stereocenters. The number of urea groups is 1. The van der Waals surface area contributed by atoms with Gasteiger partial charge in [-0.15, -0.1) is 0 Å². The number of amides is 2. The highest BCUT2D eigenvalue weighted by Crippen LogP contribution is 2.06. The van der Waals surface area contributed by atoms with E-state index in [1.165, 1.54) is 19.3 Å². The van der Waals surface area contributed by atoms with Crippen molar-refractivity contribution in [3.63, 3.8) is 0 Å². The van der Waals surface area contributed by atoms with Crippen molar-refractivity contribution in [1.82, 2.24) is 10.6 Å². The van der Waals surface area contributed by atoms with Crippen LogP contribution in [-0.4, -0.2) is 23.4 Å². The summed E-state index contributed by atoms with van der Waals surface area (Å²) in [5.41, 5.74) is 0. The molecule has 0 aliphatic carbocycles. The summed E-state index contributed by atoms with van der Waals surface area (Å²) in [5, 5.41) is 14.7. The Bertz CT molecular complexity index is 184. The van der Waals surface area contributed by atoms with Crippen LogP contribution in [-0.2, 0) is 0 Å². The van der Waals surface area contributed by atoms with Gasteiger partial charge < -0.3 is 15.7 Å². The Balaban J connectivity index is 3.43. The smallest absolute Gasteiger partial charge is 0.316 e. The first-order chi connectivity index (χ1) is 7.56. The Morgan fingerprint density at radius 1 is 1.12 bits per heavy atom. The lowest BCUT2D eigenvalue weighted by Gasteiger charge is -2.15. The van der Waals surface area contributed by atoms with E-state index in [1.54, 1.807) is 0 Å². The molecule has 4 heteroatoms. The summed E-state index contributed by atoms with van der Waals surface area (Å²) >= 11 is 0. The van der Waals surface area contributed by atoms with Crippen LogP contribution in [0, 0.1) is 0 Å². The van der Waals surface area contributed by atoms with Gasteiger partial charge in [0, 0.05) is 6.04 Å². The van der Waals surface area contributed by atoms with E-state index in [2.05, 4.69) is 17.6 Å². The van der Waals surface area contributed by atoms with Crippen LogP contribution < -0.4 is 10.6 Å². The van der Waals surface area contributed by atoms with Crippen LogP contribution in [0.4, 0.5) is 4.79 Å². The van der Waals surface area contributed by atoms with E-state index in [9.17, 15) is 9.90 Å². The number of aliphatic hydroxyl groups is 1. The monoisotopic (exact) mass is 230 g/mol. The molecule has 0 fully saturated rings. The molecule has 0 aliphatic rings. The zero-order chi connectivity index (χ0) is 12.4. The maximum atomic E-state index is 11.2. The summed E-state index contributed by atoms with van der Waals surface area (Å²) in [6.07, 6.45) is 5.67. The summed E-state index contributed by atoms with van der Waals surface area (Å²) in [6, 6.07) is -0.201. The molecule has 0 aromatic heterocycles. The highest BCUT2D eigenvalue weighted by Gasteiger charge is 2.08. The molecule has 0 aliphatic heterocycles. The molecule has 3 N–H and O–H groups in total. The first kappa shape index (κ1) is 15.2. The van der Waals surface area contributed by atoms with Gasteiger partial charge in [0.25, 0.3) is 0 Å². The van der Waals surface area contributed by atoms with Crippen molar-refractivity contribution in [3.8, 4) is 0 Å². The van der Waals surface area contributed by atoms with Gasteiger partial charge in [0.15, 0.2) is 0 Å². The fourth-order valence-corrected chi connectivity index (χ4v) is 1.47. The summed E-state index contributed by atoms with van der Waals surface area (Å²) < 4.78 is 0. The Kier molecular flexibility index (Phi) is 9.00. The molecule has 0 spiro atoms. The fourth-order valence-electron chi connectivity index (χ4n) is 1.47. The second-order valence-corrected chi connectivity index (χ2v) is 4.49. The van der Waals surface area contributed by atoms with E-state index in [4.69, 9.17) is 0 Å². The van der Waals surface area contributed by atoms with Gasteiger partial charge in [-0.3, -0.25) is 0 Å². The van der Waals surface area contributed by atoms with E-state index in [1.807, 2.05) is 13.8 Å². The van der Waals surface area contributed by atoms with Gasteiger partial charge >= 0.3 is 6.03 Å². The van der Waals surface area contributed by atoms with E-state index >= 15 is 0 Å². The van der Waals surface area contributed by atoms with Gasteiger partial charge in [-0.1, -0.05) is 32.6 Å². The molecule has 0 rings (SSSR count). The highest BCUT2D eigenvalue weighted by molar-refractivity contribution is 5.74. The number of carbonyl (C=O) groups excluding carboxylic acids is 1. The minimum Gasteiger partial charge on any atom is -0.374 e. The van der Waals surface area contributed by atoms with Gasteiger partial charge in [-0.25, -0.2) is 4.79 Å². The average Bonchev–Trinajstić information content (AvgIpc) is 2.15. The van der Waals surface area contributed by atoms with Crippen LogP contribution in [0.3, 0.4) is 0 Å². The van der Waals surface area contributed by atoms with Gasteiger partial charge in [-0.05, 0) is 26.7 Å². The third-order valence-corrected chi connectivity index (χ3v) is 2.30. The molecule has 2 amide bonds. The van der Waals surface area contributed by atoms with Gasteiger partial charge in [0.05, 0.1) is 0 Å². The van der Waals surface area contributed by atoms with Crippen molar-refractivity contribution in [2.45, 2.75) is 71.6 Å². The number of rotatable bonds is 8. The van der Waals surface area contributed by atoms with Gasteiger partial charge in [0.2, 0.25) is 0 Å². The molecule has 96 valence electrons. The lowest BCUT2D eigenvalue weighted by Crippen LogP contribution is -2.44. The third-order valence-electron chi connectivity index (χ3n) is 2.30.